The number of hydrogen-bond donors (Lipinski definition) is 3. The van der Waals surface area contributed by atoms with Crippen molar-refractivity contribution in [3.8, 4) is 11.1 Å². The average molecular weight is 657 g/mol. The number of amides is 1. The summed E-state index contributed by atoms with van der Waals surface area (Å²) in [6.45, 7) is 12.9. The van der Waals surface area contributed by atoms with E-state index in [1.54, 1.807) is 12.1 Å². The molecule has 250 valence electrons. The van der Waals surface area contributed by atoms with Gasteiger partial charge in [-0.15, -0.1) is 0 Å². The van der Waals surface area contributed by atoms with Crippen molar-refractivity contribution >= 4 is 39.8 Å². The highest BCUT2D eigenvalue weighted by Crippen LogP contribution is 2.27. The molecule has 0 aliphatic carbocycles. The average Bonchev–Trinajstić information content (AvgIpc) is 3.39. The van der Waals surface area contributed by atoms with Crippen molar-refractivity contribution in [2.24, 2.45) is 17.6 Å². The van der Waals surface area contributed by atoms with Crippen LogP contribution in [0.5, 0.6) is 0 Å². The minimum absolute atomic E-state index is 0.0360. The Morgan fingerprint density at radius 2 is 1.72 bits per heavy atom. The van der Waals surface area contributed by atoms with Crippen molar-refractivity contribution in [1.82, 2.24) is 14.9 Å². The Morgan fingerprint density at radius 3 is 2.36 bits per heavy atom. The molecular formula is C38H48N4O4S. The van der Waals surface area contributed by atoms with Crippen LogP contribution in [0.2, 0.25) is 0 Å². The lowest BCUT2D eigenvalue weighted by Gasteiger charge is -2.22. The van der Waals surface area contributed by atoms with E-state index in [1.165, 1.54) is 11.8 Å². The number of carbonyl (C=O) groups is 3. The molecule has 2 unspecified atom stereocenters. The Labute approximate surface area is 282 Å². The highest BCUT2D eigenvalue weighted by Gasteiger charge is 2.24. The summed E-state index contributed by atoms with van der Waals surface area (Å²) in [7, 11) is 0. The zero-order chi connectivity index (χ0) is 34.2. The van der Waals surface area contributed by atoms with Gasteiger partial charge in [0.2, 0.25) is 5.12 Å². The Morgan fingerprint density at radius 1 is 1.02 bits per heavy atom. The maximum atomic E-state index is 13.7. The van der Waals surface area contributed by atoms with E-state index in [4.69, 9.17) is 10.7 Å². The smallest absolute Gasteiger partial charge is 0.336 e. The first-order chi connectivity index (χ1) is 22.4. The van der Waals surface area contributed by atoms with E-state index >= 15 is 0 Å². The van der Waals surface area contributed by atoms with Gasteiger partial charge in [-0.05, 0) is 72.1 Å². The van der Waals surface area contributed by atoms with Gasteiger partial charge in [0.05, 0.1) is 22.6 Å². The van der Waals surface area contributed by atoms with Gasteiger partial charge in [0.15, 0.2) is 0 Å². The molecule has 9 heteroatoms. The molecule has 8 nitrogen and oxygen atoms in total. The number of aromatic nitrogens is 2. The number of nitrogens with two attached hydrogens (primary N) is 1. The van der Waals surface area contributed by atoms with Crippen LogP contribution in [0.15, 0.2) is 60.7 Å². The van der Waals surface area contributed by atoms with Crippen LogP contribution < -0.4 is 11.1 Å². The summed E-state index contributed by atoms with van der Waals surface area (Å²) >= 11 is 1.21. The van der Waals surface area contributed by atoms with Gasteiger partial charge in [0.1, 0.15) is 5.82 Å². The predicted molar refractivity (Wildman–Crippen MR) is 192 cm³/mol. The molecule has 0 aliphatic heterocycles. The second-order valence-corrected chi connectivity index (χ2v) is 13.9. The minimum atomic E-state index is -0.956. The van der Waals surface area contributed by atoms with E-state index in [0.717, 1.165) is 59.2 Å². The van der Waals surface area contributed by atoms with Gasteiger partial charge < -0.3 is 20.7 Å². The van der Waals surface area contributed by atoms with Gasteiger partial charge in [-0.1, -0.05) is 95.3 Å². The van der Waals surface area contributed by atoms with E-state index < -0.39 is 12.0 Å². The quantitative estimate of drug-likeness (QED) is 0.121. The summed E-state index contributed by atoms with van der Waals surface area (Å²) in [4.78, 5) is 43.2. The second kappa shape index (κ2) is 16.2. The van der Waals surface area contributed by atoms with Gasteiger partial charge in [-0.2, -0.15) is 0 Å². The zero-order valence-electron chi connectivity index (χ0n) is 28.4. The molecule has 0 saturated heterocycles. The van der Waals surface area contributed by atoms with Crippen molar-refractivity contribution in [2.75, 3.05) is 5.75 Å². The molecule has 0 bridgehead atoms. The molecular weight excluding hydrogens is 609 g/mol. The van der Waals surface area contributed by atoms with E-state index in [2.05, 4.69) is 30.7 Å². The number of nitrogens with one attached hydrogen (secondary N) is 1. The Kier molecular flexibility index (Phi) is 12.4. The molecule has 1 aromatic heterocycles. The number of thioether (sulfide) groups is 1. The third-order valence-corrected chi connectivity index (χ3v) is 9.80. The number of aromatic carboxylic acids is 1. The fraction of sp³-hybridized carbons (Fsp3) is 0.421. The normalized spacial score (nSPS) is 13.4. The van der Waals surface area contributed by atoms with Crippen LogP contribution in [-0.2, 0) is 17.8 Å². The molecule has 1 heterocycles. The number of nitrogens with zero attached hydrogens (tertiary/aromatic N) is 2. The van der Waals surface area contributed by atoms with Gasteiger partial charge in [0.25, 0.3) is 5.91 Å². The third kappa shape index (κ3) is 8.90. The van der Waals surface area contributed by atoms with E-state index in [-0.39, 0.29) is 28.5 Å². The van der Waals surface area contributed by atoms with Gasteiger partial charge in [-0.3, -0.25) is 9.59 Å². The molecule has 0 aliphatic rings. The van der Waals surface area contributed by atoms with Crippen LogP contribution in [-0.4, -0.2) is 49.5 Å². The summed E-state index contributed by atoms with van der Waals surface area (Å²) in [6, 6.07) is 18.1. The fourth-order valence-corrected chi connectivity index (χ4v) is 6.84. The molecule has 47 heavy (non-hydrogen) atoms. The van der Waals surface area contributed by atoms with Gasteiger partial charge in [-0.25, -0.2) is 9.78 Å². The molecule has 0 saturated carbocycles. The molecule has 4 rings (SSSR count). The van der Waals surface area contributed by atoms with Crippen molar-refractivity contribution < 1.29 is 19.5 Å². The number of aryl methyl sites for hydroxylation is 2. The second-order valence-electron chi connectivity index (χ2n) is 12.9. The molecule has 0 spiro atoms. The fourth-order valence-electron chi connectivity index (χ4n) is 5.83. The molecule has 0 radical (unpaired) electrons. The van der Waals surface area contributed by atoms with Crippen LogP contribution in [0.1, 0.15) is 91.5 Å². The lowest BCUT2D eigenvalue weighted by Crippen LogP contribution is -2.40. The van der Waals surface area contributed by atoms with E-state index in [9.17, 15) is 19.5 Å². The standard InChI is InChI=1S/C38H48N4O4S/c1-7-11-33-41-35-25(6)19-28(36(43)40-29(18-23(3)4)22-47-38(46)34(39)24(5)8-2)20-32(35)42(33)21-26-14-16-27(17-15-26)30-12-9-10-13-31(30)37(44)45/h9-10,12-17,19-20,23-24,29,34H,7-8,11,18,21-22,39H2,1-6H3,(H,40,43)(H,44,45)/t24?,29-,34?/m1/s1. The van der Waals surface area contributed by atoms with E-state index in [1.807, 2.05) is 69.3 Å². The van der Waals surface area contributed by atoms with Crippen molar-refractivity contribution in [2.45, 2.75) is 85.9 Å². The number of imidazole rings is 1. The summed E-state index contributed by atoms with van der Waals surface area (Å²) in [5.74, 6) is 0.740. The number of benzene rings is 3. The first-order valence-electron chi connectivity index (χ1n) is 16.6. The summed E-state index contributed by atoms with van der Waals surface area (Å²) < 4.78 is 2.18. The van der Waals surface area contributed by atoms with Crippen molar-refractivity contribution in [3.63, 3.8) is 0 Å². The highest BCUT2D eigenvalue weighted by atomic mass is 32.2. The Balaban J connectivity index is 1.60. The first-order valence-corrected chi connectivity index (χ1v) is 17.6. The minimum Gasteiger partial charge on any atom is -0.478 e. The van der Waals surface area contributed by atoms with Crippen LogP contribution in [0.3, 0.4) is 0 Å². The van der Waals surface area contributed by atoms with Crippen LogP contribution >= 0.6 is 11.8 Å². The maximum Gasteiger partial charge on any atom is 0.336 e. The summed E-state index contributed by atoms with van der Waals surface area (Å²) in [6.07, 6.45) is 3.30. The predicted octanol–water partition coefficient (Wildman–Crippen LogP) is 7.49. The maximum absolute atomic E-state index is 13.7. The number of carboxylic acids is 1. The topological polar surface area (TPSA) is 127 Å². The Bertz CT molecular complexity index is 1710. The number of rotatable bonds is 15. The first kappa shape index (κ1) is 35.9. The van der Waals surface area contributed by atoms with Crippen molar-refractivity contribution in [1.29, 1.82) is 0 Å². The summed E-state index contributed by atoms with van der Waals surface area (Å²) in [5, 5.41) is 12.8. The molecule has 3 atom stereocenters. The number of fused-ring (bicyclic) bond motifs is 1. The number of carboxylic acid groups (broad SMARTS) is 1. The van der Waals surface area contributed by atoms with Crippen LogP contribution in [0, 0.1) is 18.8 Å². The summed E-state index contributed by atoms with van der Waals surface area (Å²) in [5.41, 5.74) is 12.2. The number of carbonyl (C=O) groups excluding carboxylic acids is 2. The van der Waals surface area contributed by atoms with Crippen LogP contribution in [0.4, 0.5) is 0 Å². The van der Waals surface area contributed by atoms with E-state index in [0.29, 0.717) is 29.3 Å². The zero-order valence-corrected chi connectivity index (χ0v) is 29.2. The lowest BCUT2D eigenvalue weighted by molar-refractivity contribution is -0.113. The Hall–Kier alpha value is -3.95. The molecule has 4 N–H and O–H groups in total. The third-order valence-electron chi connectivity index (χ3n) is 8.67. The SMILES string of the molecule is CCCc1nc2c(C)cc(C(=O)N[C@@H](CSC(=O)C(N)C(C)CC)CC(C)C)cc2n1Cc1ccc(-c2ccccc2C(=O)O)cc1. The number of hydrogen-bond acceptors (Lipinski definition) is 6. The van der Waals surface area contributed by atoms with Crippen molar-refractivity contribution in [3.05, 3.63) is 88.7 Å². The highest BCUT2D eigenvalue weighted by molar-refractivity contribution is 8.13. The molecule has 1 amide bonds. The molecule has 0 fully saturated rings. The molecule has 3 aromatic carbocycles. The van der Waals surface area contributed by atoms with Gasteiger partial charge >= 0.3 is 5.97 Å². The largest absolute Gasteiger partial charge is 0.478 e. The molecule has 4 aromatic rings. The van der Waals surface area contributed by atoms with Gasteiger partial charge in [0, 0.05) is 30.3 Å². The van der Waals surface area contributed by atoms with Crippen LogP contribution in [0.25, 0.3) is 22.2 Å². The monoisotopic (exact) mass is 656 g/mol. The lowest BCUT2D eigenvalue weighted by atomic mass is 9.98.